The number of ether oxygens (including phenoxy) is 3. The lowest BCUT2D eigenvalue weighted by Gasteiger charge is -2.04. The summed E-state index contributed by atoms with van der Waals surface area (Å²) in [5, 5.41) is 0. The maximum atomic E-state index is 5.28. The highest BCUT2D eigenvalue weighted by molar-refractivity contribution is 7.80. The predicted molar refractivity (Wildman–Crippen MR) is 54.9 cm³/mol. The summed E-state index contributed by atoms with van der Waals surface area (Å²) in [6.07, 6.45) is 0.632. The van der Waals surface area contributed by atoms with Crippen molar-refractivity contribution in [2.75, 3.05) is 40.1 Å². The number of methoxy groups -OCH3 is 1. The van der Waals surface area contributed by atoms with Crippen LogP contribution in [0.3, 0.4) is 0 Å². The number of hydrogen-bond donors (Lipinski definition) is 1. The number of rotatable bonds is 9. The molecule has 0 aromatic carbocycles. The van der Waals surface area contributed by atoms with Crippen molar-refractivity contribution in [1.29, 1.82) is 0 Å². The number of hydrogen-bond acceptors (Lipinski definition) is 4. The maximum Gasteiger partial charge on any atom is 0.0750 e. The fourth-order valence-electron chi connectivity index (χ4n) is 0.637. The van der Waals surface area contributed by atoms with Gasteiger partial charge in [-0.2, -0.15) is 0 Å². The zero-order valence-electron chi connectivity index (χ0n) is 7.95. The molecule has 2 N–H and O–H groups in total. The normalized spacial score (nSPS) is 10.2. The van der Waals surface area contributed by atoms with Crippen LogP contribution in [0.4, 0.5) is 0 Å². The summed E-state index contributed by atoms with van der Waals surface area (Å²) in [6.45, 7) is 2.96. The van der Waals surface area contributed by atoms with Crippen molar-refractivity contribution in [3.05, 3.63) is 0 Å². The smallest absolute Gasteiger partial charge is 0.0750 e. The SMILES string of the molecule is COCCOCCOCCC(N)=S. The Balaban J connectivity index is 2.87. The Morgan fingerprint density at radius 1 is 1.08 bits per heavy atom. The Kier molecular flexibility index (Phi) is 9.68. The van der Waals surface area contributed by atoms with E-state index in [0.29, 0.717) is 44.4 Å². The molecule has 0 aliphatic rings. The van der Waals surface area contributed by atoms with E-state index < -0.39 is 0 Å². The highest BCUT2D eigenvalue weighted by Gasteiger charge is 1.91. The van der Waals surface area contributed by atoms with Crippen molar-refractivity contribution >= 4 is 17.2 Å². The van der Waals surface area contributed by atoms with Crippen LogP contribution in [-0.4, -0.2) is 45.1 Å². The van der Waals surface area contributed by atoms with Gasteiger partial charge in [0.25, 0.3) is 0 Å². The van der Waals surface area contributed by atoms with Crippen LogP contribution in [0, 0.1) is 0 Å². The molecule has 0 saturated carbocycles. The summed E-state index contributed by atoms with van der Waals surface area (Å²) in [6, 6.07) is 0. The summed E-state index contributed by atoms with van der Waals surface area (Å²) in [5.74, 6) is 0. The van der Waals surface area contributed by atoms with Gasteiger partial charge >= 0.3 is 0 Å². The van der Waals surface area contributed by atoms with Gasteiger partial charge in [0.15, 0.2) is 0 Å². The molecule has 4 nitrogen and oxygen atoms in total. The van der Waals surface area contributed by atoms with Crippen molar-refractivity contribution < 1.29 is 14.2 Å². The van der Waals surface area contributed by atoms with E-state index in [1.807, 2.05) is 0 Å². The summed E-state index contributed by atoms with van der Waals surface area (Å²) in [7, 11) is 1.64. The third kappa shape index (κ3) is 11.8. The van der Waals surface area contributed by atoms with Gasteiger partial charge in [0, 0.05) is 13.5 Å². The fourth-order valence-corrected chi connectivity index (χ4v) is 0.720. The zero-order chi connectivity index (χ0) is 9.94. The average Bonchev–Trinajstić information content (AvgIpc) is 2.09. The van der Waals surface area contributed by atoms with E-state index in [-0.39, 0.29) is 0 Å². The predicted octanol–water partition coefficient (Wildman–Crippen LogP) is 0.342. The lowest BCUT2D eigenvalue weighted by molar-refractivity contribution is 0.0265. The molecule has 0 aliphatic carbocycles. The van der Waals surface area contributed by atoms with Crippen molar-refractivity contribution in [3.63, 3.8) is 0 Å². The Bertz CT molecular complexity index is 133. The second kappa shape index (κ2) is 9.85. The van der Waals surface area contributed by atoms with Crippen LogP contribution in [-0.2, 0) is 14.2 Å². The lowest BCUT2D eigenvalue weighted by Crippen LogP contribution is -2.13. The third-order valence-corrected chi connectivity index (χ3v) is 1.50. The van der Waals surface area contributed by atoms with Gasteiger partial charge in [-0.25, -0.2) is 0 Å². The van der Waals surface area contributed by atoms with Crippen LogP contribution >= 0.6 is 12.2 Å². The summed E-state index contributed by atoms with van der Waals surface area (Å²) >= 11 is 4.68. The quantitative estimate of drug-likeness (QED) is 0.436. The molecule has 0 unspecified atom stereocenters. The Labute approximate surface area is 84.3 Å². The zero-order valence-corrected chi connectivity index (χ0v) is 8.77. The first-order valence-electron chi connectivity index (χ1n) is 4.20. The van der Waals surface area contributed by atoms with Crippen LogP contribution in [0.15, 0.2) is 0 Å². The molecule has 0 amide bonds. The number of nitrogens with two attached hydrogens (primary N) is 1. The van der Waals surface area contributed by atoms with Crippen molar-refractivity contribution in [3.8, 4) is 0 Å². The molecule has 0 aliphatic heterocycles. The molecule has 0 bridgehead atoms. The first-order chi connectivity index (χ1) is 6.27. The lowest BCUT2D eigenvalue weighted by atomic mass is 10.5. The summed E-state index contributed by atoms with van der Waals surface area (Å²) < 4.78 is 15.2. The Morgan fingerprint density at radius 3 is 2.15 bits per heavy atom. The van der Waals surface area contributed by atoms with Crippen LogP contribution in [0.1, 0.15) is 6.42 Å². The van der Waals surface area contributed by atoms with E-state index in [0.717, 1.165) is 0 Å². The average molecular weight is 207 g/mol. The standard InChI is InChI=1S/C8H17NO3S/c1-10-4-5-12-7-6-11-3-2-8(9)13/h2-7H2,1H3,(H2,9,13). The number of thiocarbonyl (C=S) groups is 1. The van der Waals surface area contributed by atoms with Gasteiger partial charge < -0.3 is 19.9 Å². The van der Waals surface area contributed by atoms with Gasteiger partial charge in [-0.05, 0) is 0 Å². The van der Waals surface area contributed by atoms with Crippen LogP contribution in [0.5, 0.6) is 0 Å². The van der Waals surface area contributed by atoms with Gasteiger partial charge in [-0.1, -0.05) is 12.2 Å². The van der Waals surface area contributed by atoms with E-state index in [1.165, 1.54) is 0 Å². The molecule has 78 valence electrons. The molecule has 0 aromatic heterocycles. The second-order valence-electron chi connectivity index (χ2n) is 2.43. The van der Waals surface area contributed by atoms with Gasteiger partial charge in [-0.3, -0.25) is 0 Å². The van der Waals surface area contributed by atoms with E-state index in [1.54, 1.807) is 7.11 Å². The third-order valence-electron chi connectivity index (χ3n) is 1.30. The molecular formula is C8H17NO3S. The van der Waals surface area contributed by atoms with E-state index >= 15 is 0 Å². The molecule has 0 heterocycles. The molecule has 0 rings (SSSR count). The van der Waals surface area contributed by atoms with Crippen LogP contribution < -0.4 is 5.73 Å². The highest BCUT2D eigenvalue weighted by Crippen LogP contribution is 1.84. The monoisotopic (exact) mass is 207 g/mol. The molecule has 0 radical (unpaired) electrons. The van der Waals surface area contributed by atoms with Gasteiger partial charge in [0.05, 0.1) is 38.0 Å². The second-order valence-corrected chi connectivity index (χ2v) is 2.96. The van der Waals surface area contributed by atoms with E-state index in [9.17, 15) is 0 Å². The molecule has 0 atom stereocenters. The van der Waals surface area contributed by atoms with E-state index in [2.05, 4.69) is 12.2 Å². The van der Waals surface area contributed by atoms with Gasteiger partial charge in [0.2, 0.25) is 0 Å². The minimum atomic E-state index is 0.486. The Morgan fingerprint density at radius 2 is 1.62 bits per heavy atom. The first kappa shape index (κ1) is 12.8. The Hall–Kier alpha value is -0.230. The van der Waals surface area contributed by atoms with Crippen molar-refractivity contribution in [1.82, 2.24) is 0 Å². The molecule has 0 spiro atoms. The molecule has 5 heteroatoms. The minimum absolute atomic E-state index is 0.486. The highest BCUT2D eigenvalue weighted by atomic mass is 32.1. The molecule has 13 heavy (non-hydrogen) atoms. The topological polar surface area (TPSA) is 53.7 Å². The van der Waals surface area contributed by atoms with Crippen LogP contribution in [0.2, 0.25) is 0 Å². The maximum absolute atomic E-state index is 5.28. The largest absolute Gasteiger partial charge is 0.393 e. The molecule has 0 aromatic rings. The van der Waals surface area contributed by atoms with Gasteiger partial charge in [0.1, 0.15) is 0 Å². The molecule has 0 fully saturated rings. The summed E-state index contributed by atoms with van der Waals surface area (Å²) in [5.41, 5.74) is 5.28. The van der Waals surface area contributed by atoms with E-state index in [4.69, 9.17) is 19.9 Å². The summed E-state index contributed by atoms with van der Waals surface area (Å²) in [4.78, 5) is 0.486. The van der Waals surface area contributed by atoms with Crippen molar-refractivity contribution in [2.45, 2.75) is 6.42 Å². The minimum Gasteiger partial charge on any atom is -0.393 e. The fraction of sp³-hybridized carbons (Fsp3) is 0.875. The molecule has 0 saturated heterocycles. The van der Waals surface area contributed by atoms with Gasteiger partial charge in [-0.15, -0.1) is 0 Å². The van der Waals surface area contributed by atoms with Crippen molar-refractivity contribution in [2.24, 2.45) is 5.73 Å². The molecular weight excluding hydrogens is 190 g/mol. The van der Waals surface area contributed by atoms with Crippen LogP contribution in [0.25, 0.3) is 0 Å². The first-order valence-corrected chi connectivity index (χ1v) is 4.61.